The second-order valence-corrected chi connectivity index (χ2v) is 5.37. The molecule has 0 spiro atoms. The molecule has 3 heterocycles. The molecule has 1 aliphatic rings. The molecule has 1 atom stereocenters. The maximum Gasteiger partial charge on any atom is 0.404 e. The van der Waals surface area contributed by atoms with Gasteiger partial charge in [-0.1, -0.05) is 0 Å². The number of aromatic nitrogens is 4. The van der Waals surface area contributed by atoms with Gasteiger partial charge < -0.3 is 10.1 Å². The summed E-state index contributed by atoms with van der Waals surface area (Å²) in [5.41, 5.74) is 0.838. The maximum atomic E-state index is 13.3. The summed E-state index contributed by atoms with van der Waals surface area (Å²) in [6, 6.07) is -1.51. The molecule has 1 fully saturated rings. The van der Waals surface area contributed by atoms with Crippen LogP contribution in [0.5, 0.6) is 0 Å². The molecule has 0 radical (unpaired) electrons. The number of nitrogens with one attached hydrogen (secondary N) is 1. The standard InChI is InChI=1S/C14H17F3N6O/c15-14(16,17)10(23-5-7-24-8-6-23)1-2-19-12-11-13(22-9-21-12)20-4-3-18-11/h3-4,9-10H,1-2,5-8H2,(H,19,20,21,22). The van der Waals surface area contributed by atoms with Crippen LogP contribution in [-0.4, -0.2) is 69.9 Å². The lowest BCUT2D eigenvalue weighted by atomic mass is 10.1. The Morgan fingerprint density at radius 1 is 1.12 bits per heavy atom. The molecule has 3 rings (SSSR count). The number of morpholine rings is 1. The van der Waals surface area contributed by atoms with E-state index in [0.717, 1.165) is 0 Å². The molecule has 10 heteroatoms. The Morgan fingerprint density at radius 3 is 2.62 bits per heavy atom. The van der Waals surface area contributed by atoms with Crippen molar-refractivity contribution in [3.8, 4) is 0 Å². The molecule has 0 aromatic carbocycles. The van der Waals surface area contributed by atoms with E-state index in [0.29, 0.717) is 30.2 Å². The molecule has 1 saturated heterocycles. The Morgan fingerprint density at radius 2 is 1.88 bits per heavy atom. The first-order valence-corrected chi connectivity index (χ1v) is 7.60. The number of fused-ring (bicyclic) bond motifs is 1. The smallest absolute Gasteiger partial charge is 0.379 e. The summed E-state index contributed by atoms with van der Waals surface area (Å²) >= 11 is 0. The van der Waals surface area contributed by atoms with Crippen LogP contribution in [0.25, 0.3) is 11.2 Å². The number of hydrogen-bond acceptors (Lipinski definition) is 7. The minimum absolute atomic E-state index is 0.0880. The number of hydrogen-bond donors (Lipinski definition) is 1. The van der Waals surface area contributed by atoms with Crippen LogP contribution in [0.2, 0.25) is 0 Å². The van der Waals surface area contributed by atoms with Crippen molar-refractivity contribution in [1.82, 2.24) is 24.8 Å². The van der Waals surface area contributed by atoms with Crippen molar-refractivity contribution in [2.75, 3.05) is 38.2 Å². The molecule has 0 bridgehead atoms. The summed E-state index contributed by atoms with van der Waals surface area (Å²) in [6.45, 7) is 1.33. The molecule has 7 nitrogen and oxygen atoms in total. The second kappa shape index (κ2) is 7.22. The predicted octanol–water partition coefficient (Wildman–Crippen LogP) is 1.48. The summed E-state index contributed by atoms with van der Waals surface area (Å²) in [5, 5.41) is 2.92. The van der Waals surface area contributed by atoms with E-state index in [4.69, 9.17) is 4.74 Å². The van der Waals surface area contributed by atoms with Gasteiger partial charge in [-0.25, -0.2) is 19.9 Å². The van der Waals surface area contributed by atoms with Crippen molar-refractivity contribution in [3.05, 3.63) is 18.7 Å². The molecule has 2 aromatic heterocycles. The molecule has 130 valence electrons. The summed E-state index contributed by atoms with van der Waals surface area (Å²) < 4.78 is 45.1. The summed E-state index contributed by atoms with van der Waals surface area (Å²) in [4.78, 5) is 17.6. The average Bonchev–Trinajstić information content (AvgIpc) is 2.58. The van der Waals surface area contributed by atoms with E-state index in [-0.39, 0.29) is 26.1 Å². The zero-order valence-electron chi connectivity index (χ0n) is 12.8. The highest BCUT2D eigenvalue weighted by Gasteiger charge is 2.43. The van der Waals surface area contributed by atoms with Crippen LogP contribution >= 0.6 is 0 Å². The Kier molecular flexibility index (Phi) is 5.05. The molecule has 0 aliphatic carbocycles. The maximum absolute atomic E-state index is 13.3. The van der Waals surface area contributed by atoms with Gasteiger partial charge in [-0.05, 0) is 6.42 Å². The molecule has 0 saturated carbocycles. The SMILES string of the molecule is FC(F)(F)C(CCNc1ncnc2nccnc12)N1CCOCC1. The minimum Gasteiger partial charge on any atom is -0.379 e. The van der Waals surface area contributed by atoms with Crippen LogP contribution in [0.15, 0.2) is 18.7 Å². The van der Waals surface area contributed by atoms with Crippen LogP contribution in [0, 0.1) is 0 Å². The zero-order valence-corrected chi connectivity index (χ0v) is 12.8. The van der Waals surface area contributed by atoms with Gasteiger partial charge in [0.15, 0.2) is 11.5 Å². The first kappa shape index (κ1) is 16.8. The van der Waals surface area contributed by atoms with Crippen molar-refractivity contribution < 1.29 is 17.9 Å². The van der Waals surface area contributed by atoms with E-state index in [1.807, 2.05) is 0 Å². The van der Waals surface area contributed by atoms with Crippen LogP contribution in [-0.2, 0) is 4.74 Å². The molecule has 1 aliphatic heterocycles. The third kappa shape index (κ3) is 3.88. The van der Waals surface area contributed by atoms with Gasteiger partial charge >= 0.3 is 6.18 Å². The summed E-state index contributed by atoms with van der Waals surface area (Å²) in [5.74, 6) is 0.385. The molecule has 0 amide bonds. The minimum atomic E-state index is -4.29. The van der Waals surface area contributed by atoms with E-state index in [9.17, 15) is 13.2 Å². The Balaban J connectivity index is 1.66. The first-order chi connectivity index (χ1) is 11.6. The van der Waals surface area contributed by atoms with E-state index in [1.165, 1.54) is 23.6 Å². The molecule has 1 unspecified atom stereocenters. The van der Waals surface area contributed by atoms with Gasteiger partial charge in [-0.2, -0.15) is 13.2 Å². The highest BCUT2D eigenvalue weighted by Crippen LogP contribution is 2.28. The lowest BCUT2D eigenvalue weighted by Crippen LogP contribution is -2.51. The number of anilines is 1. The normalized spacial score (nSPS) is 17.8. The summed E-state index contributed by atoms with van der Waals surface area (Å²) in [6.07, 6.45) is -0.0786. The lowest BCUT2D eigenvalue weighted by Gasteiger charge is -2.35. The van der Waals surface area contributed by atoms with E-state index in [2.05, 4.69) is 25.3 Å². The molecular formula is C14H17F3N6O. The number of nitrogens with zero attached hydrogens (tertiary/aromatic N) is 5. The fraction of sp³-hybridized carbons (Fsp3) is 0.571. The number of ether oxygens (including phenoxy) is 1. The van der Waals surface area contributed by atoms with Crippen molar-refractivity contribution >= 4 is 17.0 Å². The van der Waals surface area contributed by atoms with Gasteiger partial charge in [0.05, 0.1) is 13.2 Å². The highest BCUT2D eigenvalue weighted by atomic mass is 19.4. The van der Waals surface area contributed by atoms with Gasteiger partial charge in [0.25, 0.3) is 0 Å². The molecule has 2 aromatic rings. The highest BCUT2D eigenvalue weighted by molar-refractivity contribution is 5.81. The molecular weight excluding hydrogens is 325 g/mol. The second-order valence-electron chi connectivity index (χ2n) is 5.37. The Labute approximate surface area is 136 Å². The van der Waals surface area contributed by atoms with Crippen LogP contribution in [0.1, 0.15) is 6.42 Å². The number of halogens is 3. The number of alkyl halides is 3. The molecule has 24 heavy (non-hydrogen) atoms. The lowest BCUT2D eigenvalue weighted by molar-refractivity contribution is -0.192. The largest absolute Gasteiger partial charge is 0.404 e. The fourth-order valence-electron chi connectivity index (χ4n) is 2.69. The van der Waals surface area contributed by atoms with E-state index in [1.54, 1.807) is 0 Å². The fourth-order valence-corrected chi connectivity index (χ4v) is 2.69. The van der Waals surface area contributed by atoms with Gasteiger partial charge in [-0.3, -0.25) is 4.90 Å². The number of rotatable bonds is 5. The van der Waals surface area contributed by atoms with Crippen LogP contribution in [0.3, 0.4) is 0 Å². The van der Waals surface area contributed by atoms with Crippen molar-refractivity contribution in [3.63, 3.8) is 0 Å². The van der Waals surface area contributed by atoms with Crippen LogP contribution in [0.4, 0.5) is 19.0 Å². The monoisotopic (exact) mass is 342 g/mol. The van der Waals surface area contributed by atoms with Crippen LogP contribution < -0.4 is 5.32 Å². The Hall–Kier alpha value is -2.07. The topological polar surface area (TPSA) is 76.1 Å². The Bertz CT molecular complexity index is 672. The summed E-state index contributed by atoms with van der Waals surface area (Å²) in [7, 11) is 0. The quantitative estimate of drug-likeness (QED) is 0.882. The van der Waals surface area contributed by atoms with Gasteiger partial charge in [-0.15, -0.1) is 0 Å². The third-order valence-corrected chi connectivity index (χ3v) is 3.84. The van der Waals surface area contributed by atoms with Crippen molar-refractivity contribution in [2.45, 2.75) is 18.6 Å². The van der Waals surface area contributed by atoms with Gasteiger partial charge in [0.1, 0.15) is 17.9 Å². The average molecular weight is 342 g/mol. The first-order valence-electron chi connectivity index (χ1n) is 7.60. The van der Waals surface area contributed by atoms with E-state index >= 15 is 0 Å². The third-order valence-electron chi connectivity index (χ3n) is 3.84. The molecule has 1 N–H and O–H groups in total. The van der Waals surface area contributed by atoms with E-state index < -0.39 is 12.2 Å². The van der Waals surface area contributed by atoms with Crippen molar-refractivity contribution in [1.29, 1.82) is 0 Å². The van der Waals surface area contributed by atoms with Crippen molar-refractivity contribution in [2.24, 2.45) is 0 Å². The van der Waals surface area contributed by atoms with Gasteiger partial charge in [0, 0.05) is 32.0 Å². The zero-order chi connectivity index (χ0) is 17.0. The van der Waals surface area contributed by atoms with Gasteiger partial charge in [0.2, 0.25) is 0 Å². The predicted molar refractivity (Wildman–Crippen MR) is 80.5 cm³/mol.